The van der Waals surface area contributed by atoms with Crippen molar-refractivity contribution in [1.29, 1.82) is 0 Å². The second kappa shape index (κ2) is 14.7. The number of rotatable bonds is 13. The van der Waals surface area contributed by atoms with E-state index in [9.17, 15) is 22.4 Å². The Labute approximate surface area is 256 Å². The highest BCUT2D eigenvalue weighted by molar-refractivity contribution is 7.92. The number of carbonyl (C=O) groups excluding carboxylic acids is 2. The van der Waals surface area contributed by atoms with Gasteiger partial charge in [0.25, 0.3) is 10.0 Å². The van der Waals surface area contributed by atoms with Crippen LogP contribution in [0.1, 0.15) is 39.7 Å². The van der Waals surface area contributed by atoms with Crippen molar-refractivity contribution >= 4 is 50.7 Å². The summed E-state index contributed by atoms with van der Waals surface area (Å²) < 4.78 is 48.0. The first-order valence-electron chi connectivity index (χ1n) is 13.4. The molecule has 3 rings (SSSR count). The van der Waals surface area contributed by atoms with Gasteiger partial charge >= 0.3 is 0 Å². The van der Waals surface area contributed by atoms with Crippen molar-refractivity contribution in [3.8, 4) is 5.75 Å². The van der Waals surface area contributed by atoms with E-state index in [4.69, 9.17) is 27.9 Å². The van der Waals surface area contributed by atoms with Gasteiger partial charge in [0, 0.05) is 22.6 Å². The van der Waals surface area contributed by atoms with Gasteiger partial charge in [-0.15, -0.1) is 0 Å². The fourth-order valence-electron chi connectivity index (χ4n) is 4.27. The number of anilines is 1. The minimum Gasteiger partial charge on any atom is -0.494 e. The quantitative estimate of drug-likeness (QED) is 0.246. The second-order valence-corrected chi connectivity index (χ2v) is 12.4. The summed E-state index contributed by atoms with van der Waals surface area (Å²) in [5.41, 5.74) is 0.593. The first kappa shape index (κ1) is 33.2. The lowest BCUT2D eigenvalue weighted by molar-refractivity contribution is -0.140. The molecule has 0 aliphatic carbocycles. The summed E-state index contributed by atoms with van der Waals surface area (Å²) in [6.45, 7) is 6.80. The van der Waals surface area contributed by atoms with Gasteiger partial charge in [0.1, 0.15) is 24.2 Å². The summed E-state index contributed by atoms with van der Waals surface area (Å²) in [4.78, 5) is 28.5. The molecule has 1 atom stereocenters. The molecule has 42 heavy (non-hydrogen) atoms. The molecule has 2 amide bonds. The lowest BCUT2D eigenvalue weighted by atomic mass is 10.1. The maximum Gasteiger partial charge on any atom is 0.264 e. The number of amides is 2. The third-order valence-electron chi connectivity index (χ3n) is 6.29. The number of nitrogens with zero attached hydrogens (tertiary/aromatic N) is 2. The Morgan fingerprint density at radius 1 is 0.976 bits per heavy atom. The SMILES string of the molecule is CCOc1ccc(S(=O)(=O)N(CC(=O)N(Cc2ccc(Cl)cc2Cl)[C@H](CC)C(=O)NC(C)C)c2ccc(F)cc2)cc1. The number of hydrogen-bond acceptors (Lipinski definition) is 5. The minimum atomic E-state index is -4.32. The highest BCUT2D eigenvalue weighted by atomic mass is 35.5. The van der Waals surface area contributed by atoms with Gasteiger partial charge in [0.15, 0.2) is 0 Å². The number of ether oxygens (including phenoxy) is 1. The van der Waals surface area contributed by atoms with Crippen LogP contribution in [0.3, 0.4) is 0 Å². The lowest BCUT2D eigenvalue weighted by Crippen LogP contribution is -2.53. The molecule has 8 nitrogen and oxygen atoms in total. The number of sulfonamides is 1. The summed E-state index contributed by atoms with van der Waals surface area (Å²) in [5, 5.41) is 3.52. The third-order valence-corrected chi connectivity index (χ3v) is 8.66. The van der Waals surface area contributed by atoms with E-state index in [-0.39, 0.29) is 34.6 Å². The molecule has 3 aromatic rings. The van der Waals surface area contributed by atoms with Gasteiger partial charge in [-0.3, -0.25) is 13.9 Å². The second-order valence-electron chi connectivity index (χ2n) is 9.74. The zero-order valence-corrected chi connectivity index (χ0v) is 26.1. The van der Waals surface area contributed by atoms with E-state index >= 15 is 0 Å². The van der Waals surface area contributed by atoms with Gasteiger partial charge in [-0.05, 0) is 93.4 Å². The predicted octanol–water partition coefficient (Wildman–Crippen LogP) is 6.06. The highest BCUT2D eigenvalue weighted by Crippen LogP contribution is 2.28. The first-order chi connectivity index (χ1) is 19.9. The minimum absolute atomic E-state index is 0.0720. The van der Waals surface area contributed by atoms with E-state index in [2.05, 4.69) is 5.32 Å². The smallest absolute Gasteiger partial charge is 0.264 e. The molecule has 0 bridgehead atoms. The van der Waals surface area contributed by atoms with Crippen molar-refractivity contribution in [3.05, 3.63) is 88.2 Å². The summed E-state index contributed by atoms with van der Waals surface area (Å²) in [6, 6.07) is 14.2. The molecule has 0 fully saturated rings. The Kier molecular flexibility index (Phi) is 11.6. The largest absolute Gasteiger partial charge is 0.494 e. The fraction of sp³-hybridized carbons (Fsp3) is 0.333. The summed E-state index contributed by atoms with van der Waals surface area (Å²) in [7, 11) is -4.32. The van der Waals surface area contributed by atoms with Gasteiger partial charge < -0.3 is 15.0 Å². The van der Waals surface area contributed by atoms with Crippen LogP contribution in [0.25, 0.3) is 0 Å². The molecule has 0 aliphatic rings. The van der Waals surface area contributed by atoms with Crippen LogP contribution in [0, 0.1) is 5.82 Å². The van der Waals surface area contributed by atoms with Crippen LogP contribution in [0.4, 0.5) is 10.1 Å². The summed E-state index contributed by atoms with van der Waals surface area (Å²) >= 11 is 12.5. The Morgan fingerprint density at radius 2 is 1.62 bits per heavy atom. The molecular weight excluding hydrogens is 604 g/mol. The Hall–Kier alpha value is -3.34. The molecule has 12 heteroatoms. The molecule has 3 aromatic carbocycles. The van der Waals surface area contributed by atoms with Crippen molar-refractivity contribution in [1.82, 2.24) is 10.2 Å². The molecule has 0 radical (unpaired) electrons. The molecular formula is C30H34Cl2FN3O5S. The summed E-state index contributed by atoms with van der Waals surface area (Å²) in [6.07, 6.45) is 0.248. The van der Waals surface area contributed by atoms with Crippen molar-refractivity contribution in [2.75, 3.05) is 17.5 Å². The maximum absolute atomic E-state index is 14.1. The number of nitrogens with one attached hydrogen (secondary N) is 1. The van der Waals surface area contributed by atoms with Gasteiger partial charge in [0.2, 0.25) is 11.8 Å². The van der Waals surface area contributed by atoms with Gasteiger partial charge in [0.05, 0.1) is 17.2 Å². The van der Waals surface area contributed by atoms with E-state index in [0.717, 1.165) is 16.4 Å². The zero-order chi connectivity index (χ0) is 31.0. The molecule has 0 saturated carbocycles. The number of benzene rings is 3. The molecule has 0 unspecified atom stereocenters. The molecule has 0 aromatic heterocycles. The van der Waals surface area contributed by atoms with Crippen molar-refractivity contribution < 1.29 is 27.1 Å². The van der Waals surface area contributed by atoms with Crippen LogP contribution < -0.4 is 14.4 Å². The summed E-state index contributed by atoms with van der Waals surface area (Å²) in [5.74, 6) is -1.15. The molecule has 1 N–H and O–H groups in total. The van der Waals surface area contributed by atoms with E-state index in [1.54, 1.807) is 39.8 Å². The van der Waals surface area contributed by atoms with Gasteiger partial charge in [-0.1, -0.05) is 36.2 Å². The van der Waals surface area contributed by atoms with Crippen LogP contribution in [-0.2, 0) is 26.2 Å². The molecule has 0 spiro atoms. The number of halogens is 3. The molecule has 226 valence electrons. The van der Waals surface area contributed by atoms with Crippen LogP contribution in [0.2, 0.25) is 10.0 Å². The van der Waals surface area contributed by atoms with E-state index < -0.39 is 40.2 Å². The number of hydrogen-bond donors (Lipinski definition) is 1. The van der Waals surface area contributed by atoms with Crippen molar-refractivity contribution in [2.24, 2.45) is 0 Å². The fourth-order valence-corrected chi connectivity index (χ4v) is 6.15. The van der Waals surface area contributed by atoms with Crippen LogP contribution in [0.15, 0.2) is 71.6 Å². The Balaban J connectivity index is 2.07. The van der Waals surface area contributed by atoms with Crippen molar-refractivity contribution in [2.45, 2.75) is 57.6 Å². The monoisotopic (exact) mass is 637 g/mol. The van der Waals surface area contributed by atoms with Gasteiger partial charge in [-0.2, -0.15) is 0 Å². The topological polar surface area (TPSA) is 96.0 Å². The molecule has 0 saturated heterocycles. The van der Waals surface area contributed by atoms with E-state index in [0.29, 0.717) is 22.9 Å². The van der Waals surface area contributed by atoms with Crippen LogP contribution >= 0.6 is 23.2 Å². The van der Waals surface area contributed by atoms with E-state index in [1.807, 2.05) is 0 Å². The third kappa shape index (κ3) is 8.36. The van der Waals surface area contributed by atoms with Crippen LogP contribution in [-0.4, -0.2) is 50.4 Å². The first-order valence-corrected chi connectivity index (χ1v) is 15.6. The average Bonchev–Trinajstić information content (AvgIpc) is 2.93. The maximum atomic E-state index is 14.1. The van der Waals surface area contributed by atoms with Gasteiger partial charge in [-0.25, -0.2) is 12.8 Å². The normalized spacial score (nSPS) is 12.1. The Bertz CT molecular complexity index is 1490. The zero-order valence-electron chi connectivity index (χ0n) is 23.8. The predicted molar refractivity (Wildman–Crippen MR) is 163 cm³/mol. The van der Waals surface area contributed by atoms with E-state index in [1.165, 1.54) is 47.4 Å². The molecule has 0 heterocycles. The highest BCUT2D eigenvalue weighted by Gasteiger charge is 2.34. The van der Waals surface area contributed by atoms with Crippen molar-refractivity contribution in [3.63, 3.8) is 0 Å². The van der Waals surface area contributed by atoms with Crippen LogP contribution in [0.5, 0.6) is 5.75 Å². The Morgan fingerprint density at radius 3 is 2.17 bits per heavy atom. The number of carbonyl (C=O) groups is 2. The lowest BCUT2D eigenvalue weighted by Gasteiger charge is -2.33. The molecule has 0 aliphatic heterocycles. The standard InChI is InChI=1S/C30H34Cl2FN3O5S/c1-5-28(30(38)34-20(3)4)35(18-21-7-8-22(31)17-27(21)32)29(37)19-36(24-11-9-23(33)10-12-24)42(39,40)26-15-13-25(14-16-26)41-6-2/h7-17,20,28H,5-6,18-19H2,1-4H3,(H,34,38)/t28-/m1/s1. The average molecular weight is 639 g/mol.